The zero-order valence-electron chi connectivity index (χ0n) is 18.1. The number of hydrogen-bond acceptors (Lipinski definition) is 7. The fourth-order valence-corrected chi connectivity index (χ4v) is 5.07. The molecular weight excluding hydrogens is 436 g/mol. The van der Waals surface area contributed by atoms with Crippen molar-refractivity contribution in [3.05, 3.63) is 54.7 Å². The van der Waals surface area contributed by atoms with E-state index in [4.69, 9.17) is 4.52 Å². The van der Waals surface area contributed by atoms with Crippen LogP contribution >= 0.6 is 11.8 Å². The number of carbonyl (C=O) groups excluding carboxylic acids is 1. The number of fused-ring (bicyclic) bond motifs is 1. The number of hydrogen-bond donors (Lipinski definition) is 1. The molecule has 1 saturated carbocycles. The van der Waals surface area contributed by atoms with Gasteiger partial charge in [0, 0.05) is 65.9 Å². The van der Waals surface area contributed by atoms with Gasteiger partial charge in [0.2, 0.25) is 17.6 Å². The second kappa shape index (κ2) is 8.55. The monoisotopic (exact) mass is 460 g/mol. The van der Waals surface area contributed by atoms with Gasteiger partial charge in [0.15, 0.2) is 0 Å². The summed E-state index contributed by atoms with van der Waals surface area (Å²) in [4.78, 5) is 30.4. The first-order valence-corrected chi connectivity index (χ1v) is 12.2. The number of aromatic nitrogens is 4. The third-order valence-electron chi connectivity index (χ3n) is 6.23. The van der Waals surface area contributed by atoms with E-state index in [9.17, 15) is 4.79 Å². The van der Waals surface area contributed by atoms with Crippen molar-refractivity contribution >= 4 is 34.4 Å². The summed E-state index contributed by atoms with van der Waals surface area (Å²) in [5, 5.41) is 5.25. The van der Waals surface area contributed by atoms with Crippen LogP contribution < -0.4 is 4.90 Å². The summed E-state index contributed by atoms with van der Waals surface area (Å²) in [6.07, 6.45) is 6.05. The van der Waals surface area contributed by atoms with Crippen molar-refractivity contribution in [1.29, 1.82) is 0 Å². The first kappa shape index (κ1) is 20.3. The number of pyridine rings is 1. The number of amides is 1. The Balaban J connectivity index is 1.03. The number of carbonyl (C=O) groups is 1. The van der Waals surface area contributed by atoms with E-state index in [0.29, 0.717) is 30.6 Å². The fourth-order valence-electron chi connectivity index (χ4n) is 4.13. The minimum absolute atomic E-state index is 0.178. The van der Waals surface area contributed by atoms with Gasteiger partial charge in [0.1, 0.15) is 5.82 Å². The smallest absolute Gasteiger partial charge is 0.233 e. The molecule has 0 atom stereocenters. The van der Waals surface area contributed by atoms with E-state index in [0.717, 1.165) is 53.6 Å². The van der Waals surface area contributed by atoms with Crippen molar-refractivity contribution in [2.24, 2.45) is 0 Å². The summed E-state index contributed by atoms with van der Waals surface area (Å²) >= 11 is 1.59. The van der Waals surface area contributed by atoms with Crippen LogP contribution in [0.5, 0.6) is 0 Å². The van der Waals surface area contributed by atoms with Gasteiger partial charge >= 0.3 is 0 Å². The highest BCUT2D eigenvalue weighted by Crippen LogP contribution is 2.39. The molecule has 1 aliphatic heterocycles. The summed E-state index contributed by atoms with van der Waals surface area (Å²) < 4.78 is 5.35. The molecule has 33 heavy (non-hydrogen) atoms. The van der Waals surface area contributed by atoms with Crippen molar-refractivity contribution in [3.63, 3.8) is 0 Å². The van der Waals surface area contributed by atoms with Crippen LogP contribution in [0.4, 0.5) is 5.82 Å². The number of para-hydroxylation sites is 1. The standard InChI is InChI=1S/C24H24N6O2S/c31-22(15-33-20-14-25-19-4-2-1-3-18(19)20)30-11-9-29(10-12-30)21-8-7-17(13-26-21)23-27-24(32-28-23)16-5-6-16/h1-4,7-8,13-14,16,25H,5-6,9-12,15H2. The predicted molar refractivity (Wildman–Crippen MR) is 127 cm³/mol. The van der Waals surface area contributed by atoms with Gasteiger partial charge in [0.25, 0.3) is 0 Å². The van der Waals surface area contributed by atoms with Crippen LogP contribution in [-0.4, -0.2) is 62.8 Å². The van der Waals surface area contributed by atoms with Crippen LogP contribution in [0, 0.1) is 0 Å². The predicted octanol–water partition coefficient (Wildman–Crippen LogP) is 3.93. The Morgan fingerprint density at radius 3 is 2.76 bits per heavy atom. The number of H-pyrrole nitrogens is 1. The minimum Gasteiger partial charge on any atom is -0.360 e. The normalized spacial score (nSPS) is 16.5. The summed E-state index contributed by atoms with van der Waals surface area (Å²) in [6, 6.07) is 12.1. The molecule has 9 heteroatoms. The summed E-state index contributed by atoms with van der Waals surface area (Å²) in [7, 11) is 0. The molecule has 168 valence electrons. The molecule has 2 aliphatic rings. The van der Waals surface area contributed by atoms with Crippen molar-refractivity contribution in [3.8, 4) is 11.4 Å². The lowest BCUT2D eigenvalue weighted by Crippen LogP contribution is -2.49. The van der Waals surface area contributed by atoms with Crippen LogP contribution in [0.2, 0.25) is 0 Å². The third kappa shape index (κ3) is 4.20. The Labute approximate surface area is 195 Å². The van der Waals surface area contributed by atoms with Crippen molar-refractivity contribution < 1.29 is 9.32 Å². The van der Waals surface area contributed by atoms with Gasteiger partial charge in [-0.15, -0.1) is 11.8 Å². The molecule has 1 aliphatic carbocycles. The van der Waals surface area contributed by atoms with Crippen molar-refractivity contribution in [2.75, 3.05) is 36.8 Å². The van der Waals surface area contributed by atoms with Gasteiger partial charge < -0.3 is 19.3 Å². The van der Waals surface area contributed by atoms with E-state index in [-0.39, 0.29) is 5.91 Å². The summed E-state index contributed by atoms with van der Waals surface area (Å²) in [5.41, 5.74) is 1.96. The largest absolute Gasteiger partial charge is 0.360 e. The molecule has 0 spiro atoms. The lowest BCUT2D eigenvalue weighted by atomic mass is 10.2. The molecule has 4 heterocycles. The van der Waals surface area contributed by atoms with Crippen molar-refractivity contribution in [2.45, 2.75) is 23.7 Å². The summed E-state index contributed by atoms with van der Waals surface area (Å²) in [5.74, 6) is 3.30. The molecule has 2 fully saturated rings. The molecular formula is C24H24N6O2S. The maximum Gasteiger partial charge on any atom is 0.233 e. The van der Waals surface area contributed by atoms with E-state index in [2.05, 4.69) is 37.1 Å². The van der Waals surface area contributed by atoms with Crippen LogP contribution in [-0.2, 0) is 4.79 Å². The first-order chi connectivity index (χ1) is 16.2. The second-order valence-corrected chi connectivity index (χ2v) is 9.51. The molecule has 1 saturated heterocycles. The molecule has 4 aromatic rings. The molecule has 0 radical (unpaired) electrons. The number of thioether (sulfide) groups is 1. The highest BCUT2D eigenvalue weighted by Gasteiger charge is 2.30. The number of nitrogens with zero attached hydrogens (tertiary/aromatic N) is 5. The Morgan fingerprint density at radius 2 is 1.97 bits per heavy atom. The lowest BCUT2D eigenvalue weighted by Gasteiger charge is -2.35. The third-order valence-corrected chi connectivity index (χ3v) is 7.27. The van der Waals surface area contributed by atoms with E-state index in [1.54, 1.807) is 18.0 Å². The van der Waals surface area contributed by atoms with Gasteiger partial charge in [0.05, 0.1) is 5.75 Å². The number of nitrogens with one attached hydrogen (secondary N) is 1. The van der Waals surface area contributed by atoms with Gasteiger partial charge in [-0.25, -0.2) is 4.98 Å². The Morgan fingerprint density at radius 1 is 1.12 bits per heavy atom. The highest BCUT2D eigenvalue weighted by molar-refractivity contribution is 8.00. The topological polar surface area (TPSA) is 91.2 Å². The SMILES string of the molecule is O=C(CSc1c[nH]c2ccccc12)N1CCN(c2ccc(-c3noc(C4CC4)n3)cn2)CC1. The Bertz CT molecular complexity index is 1270. The lowest BCUT2D eigenvalue weighted by molar-refractivity contribution is -0.128. The van der Waals surface area contributed by atoms with E-state index in [1.807, 2.05) is 35.4 Å². The number of benzene rings is 1. The number of aromatic amines is 1. The second-order valence-electron chi connectivity index (χ2n) is 8.49. The maximum atomic E-state index is 12.8. The van der Waals surface area contributed by atoms with Gasteiger partial charge in [-0.1, -0.05) is 23.4 Å². The molecule has 1 N–H and O–H groups in total. The highest BCUT2D eigenvalue weighted by atomic mass is 32.2. The van der Waals surface area contributed by atoms with Crippen LogP contribution in [0.1, 0.15) is 24.7 Å². The fraction of sp³-hybridized carbons (Fsp3) is 0.333. The Kier molecular flexibility index (Phi) is 5.26. The quantitative estimate of drug-likeness (QED) is 0.436. The maximum absolute atomic E-state index is 12.8. The molecule has 6 rings (SSSR count). The number of rotatable bonds is 6. The molecule has 3 aromatic heterocycles. The summed E-state index contributed by atoms with van der Waals surface area (Å²) in [6.45, 7) is 2.94. The van der Waals surface area contributed by atoms with Crippen LogP contribution in [0.15, 0.2) is 58.2 Å². The van der Waals surface area contributed by atoms with E-state index < -0.39 is 0 Å². The number of anilines is 1. The van der Waals surface area contributed by atoms with Gasteiger partial charge in [-0.3, -0.25) is 4.79 Å². The van der Waals surface area contributed by atoms with E-state index in [1.165, 1.54) is 5.39 Å². The molecule has 1 aromatic carbocycles. The minimum atomic E-state index is 0.178. The first-order valence-electron chi connectivity index (χ1n) is 11.3. The van der Waals surface area contributed by atoms with Crippen LogP contribution in [0.3, 0.4) is 0 Å². The Hall–Kier alpha value is -3.33. The number of piperazine rings is 1. The zero-order chi connectivity index (χ0) is 22.2. The molecule has 1 amide bonds. The average molecular weight is 461 g/mol. The van der Waals surface area contributed by atoms with Crippen LogP contribution in [0.25, 0.3) is 22.3 Å². The molecule has 0 unspecified atom stereocenters. The van der Waals surface area contributed by atoms with Gasteiger partial charge in [-0.2, -0.15) is 4.98 Å². The average Bonchev–Trinajstić information content (AvgIpc) is 3.45. The van der Waals surface area contributed by atoms with Gasteiger partial charge in [-0.05, 0) is 31.0 Å². The molecule has 8 nitrogen and oxygen atoms in total. The van der Waals surface area contributed by atoms with E-state index >= 15 is 0 Å². The zero-order valence-corrected chi connectivity index (χ0v) is 18.9. The molecule has 0 bridgehead atoms. The van der Waals surface area contributed by atoms with Crippen molar-refractivity contribution in [1.82, 2.24) is 25.0 Å².